The second kappa shape index (κ2) is 7.71. The molecule has 0 radical (unpaired) electrons. The lowest BCUT2D eigenvalue weighted by Gasteiger charge is -2.12. The summed E-state index contributed by atoms with van der Waals surface area (Å²) >= 11 is 0. The quantitative estimate of drug-likeness (QED) is 0.685. The Labute approximate surface area is 108 Å². The minimum Gasteiger partial charge on any atom is -0.476 e. The van der Waals surface area contributed by atoms with Crippen LogP contribution in [0.1, 0.15) is 20.3 Å². The Balaban J connectivity index is 2.55. The minimum atomic E-state index is 0.428. The van der Waals surface area contributed by atoms with Gasteiger partial charge in [-0.15, -0.1) is 0 Å². The van der Waals surface area contributed by atoms with Crippen molar-refractivity contribution in [3.8, 4) is 5.88 Å². The maximum Gasteiger partial charge on any atom is 0.242 e. The van der Waals surface area contributed by atoms with Crippen molar-refractivity contribution in [3.63, 3.8) is 0 Å². The second-order valence-corrected chi connectivity index (χ2v) is 4.42. The third-order valence-corrected chi connectivity index (χ3v) is 2.22. The van der Waals surface area contributed by atoms with E-state index in [9.17, 15) is 0 Å². The molecule has 0 bridgehead atoms. The van der Waals surface area contributed by atoms with Crippen molar-refractivity contribution in [3.05, 3.63) is 6.33 Å². The number of rotatable bonds is 8. The Kier molecular flexibility index (Phi) is 6.21. The summed E-state index contributed by atoms with van der Waals surface area (Å²) in [5, 5.41) is 3.14. The maximum absolute atomic E-state index is 5.94. The highest BCUT2D eigenvalue weighted by atomic mass is 16.5. The highest BCUT2D eigenvalue weighted by Crippen LogP contribution is 2.24. The number of anilines is 2. The van der Waals surface area contributed by atoms with Crippen LogP contribution in [-0.4, -0.2) is 36.8 Å². The van der Waals surface area contributed by atoms with E-state index in [1.807, 2.05) is 0 Å². The van der Waals surface area contributed by atoms with E-state index in [0.717, 1.165) is 13.0 Å². The highest BCUT2D eigenvalue weighted by molar-refractivity contribution is 5.66. The van der Waals surface area contributed by atoms with Crippen molar-refractivity contribution in [2.45, 2.75) is 20.3 Å². The largest absolute Gasteiger partial charge is 0.476 e. The van der Waals surface area contributed by atoms with Crippen molar-refractivity contribution >= 4 is 11.5 Å². The Morgan fingerprint density at radius 2 is 2.17 bits per heavy atom. The van der Waals surface area contributed by atoms with Gasteiger partial charge in [0.15, 0.2) is 5.82 Å². The summed E-state index contributed by atoms with van der Waals surface area (Å²) in [5.74, 6) is 1.48. The summed E-state index contributed by atoms with van der Waals surface area (Å²) in [6.45, 7) is 6.18. The number of nitrogens with two attached hydrogens (primary N) is 1. The molecule has 1 rings (SSSR count). The van der Waals surface area contributed by atoms with Crippen LogP contribution in [0.4, 0.5) is 11.5 Å². The molecule has 0 aliphatic carbocycles. The first kappa shape index (κ1) is 14.5. The van der Waals surface area contributed by atoms with E-state index < -0.39 is 0 Å². The molecule has 0 fully saturated rings. The number of ether oxygens (including phenoxy) is 2. The summed E-state index contributed by atoms with van der Waals surface area (Å²) in [6, 6.07) is 0. The van der Waals surface area contributed by atoms with Crippen LogP contribution in [0.15, 0.2) is 6.33 Å². The monoisotopic (exact) mass is 254 g/mol. The number of hydrogen-bond donors (Lipinski definition) is 2. The molecule has 0 unspecified atom stereocenters. The molecule has 102 valence electrons. The van der Waals surface area contributed by atoms with Crippen LogP contribution in [0.3, 0.4) is 0 Å². The SMILES string of the molecule is COCCCNc1ncnc(OCC(C)C)c1N. The van der Waals surface area contributed by atoms with Crippen molar-refractivity contribution in [1.29, 1.82) is 0 Å². The number of methoxy groups -OCH3 is 1. The second-order valence-electron chi connectivity index (χ2n) is 4.42. The van der Waals surface area contributed by atoms with Gasteiger partial charge in [-0.1, -0.05) is 13.8 Å². The summed E-state index contributed by atoms with van der Waals surface area (Å²) in [6.07, 6.45) is 2.34. The number of aromatic nitrogens is 2. The molecule has 0 aliphatic heterocycles. The lowest BCUT2D eigenvalue weighted by atomic mass is 10.2. The molecule has 0 aliphatic rings. The van der Waals surface area contributed by atoms with E-state index in [1.165, 1.54) is 6.33 Å². The first-order valence-corrected chi connectivity index (χ1v) is 6.11. The summed E-state index contributed by atoms with van der Waals surface area (Å²) < 4.78 is 10.5. The molecular formula is C12H22N4O2. The zero-order valence-corrected chi connectivity index (χ0v) is 11.3. The maximum atomic E-state index is 5.94. The van der Waals surface area contributed by atoms with Gasteiger partial charge in [0, 0.05) is 20.3 Å². The van der Waals surface area contributed by atoms with Crippen LogP contribution in [-0.2, 0) is 4.74 Å². The smallest absolute Gasteiger partial charge is 0.242 e. The summed E-state index contributed by atoms with van der Waals surface area (Å²) in [4.78, 5) is 8.13. The van der Waals surface area contributed by atoms with E-state index in [-0.39, 0.29) is 0 Å². The number of nitrogens with zero attached hydrogens (tertiary/aromatic N) is 2. The Bertz CT molecular complexity index is 358. The summed E-state index contributed by atoms with van der Waals surface area (Å²) in [7, 11) is 1.68. The third kappa shape index (κ3) is 4.75. The zero-order valence-electron chi connectivity index (χ0n) is 11.3. The number of hydrogen-bond acceptors (Lipinski definition) is 6. The molecule has 0 aromatic carbocycles. The first-order chi connectivity index (χ1) is 8.65. The molecule has 6 heteroatoms. The fraction of sp³-hybridized carbons (Fsp3) is 0.667. The van der Waals surface area contributed by atoms with E-state index in [2.05, 4.69) is 29.1 Å². The van der Waals surface area contributed by atoms with Crippen LogP contribution >= 0.6 is 0 Å². The number of nitrogens with one attached hydrogen (secondary N) is 1. The lowest BCUT2D eigenvalue weighted by molar-refractivity contribution is 0.197. The highest BCUT2D eigenvalue weighted by Gasteiger charge is 2.09. The molecule has 0 saturated carbocycles. The fourth-order valence-corrected chi connectivity index (χ4v) is 1.30. The van der Waals surface area contributed by atoms with Crippen molar-refractivity contribution < 1.29 is 9.47 Å². The van der Waals surface area contributed by atoms with Gasteiger partial charge < -0.3 is 20.5 Å². The van der Waals surface area contributed by atoms with E-state index in [1.54, 1.807) is 7.11 Å². The molecular weight excluding hydrogens is 232 g/mol. The zero-order chi connectivity index (χ0) is 13.4. The van der Waals surface area contributed by atoms with E-state index >= 15 is 0 Å². The minimum absolute atomic E-state index is 0.428. The predicted octanol–water partition coefficient (Wildman–Crippen LogP) is 1.54. The molecule has 0 amide bonds. The van der Waals surface area contributed by atoms with Gasteiger partial charge in [-0.25, -0.2) is 4.98 Å². The lowest BCUT2D eigenvalue weighted by Crippen LogP contribution is -2.12. The van der Waals surface area contributed by atoms with E-state index in [0.29, 0.717) is 36.5 Å². The molecule has 1 aromatic heterocycles. The standard InChI is InChI=1S/C12H22N4O2/c1-9(2)7-18-12-10(13)11(15-8-16-12)14-5-4-6-17-3/h8-9H,4-7,13H2,1-3H3,(H,14,15,16). The molecule has 1 aromatic rings. The van der Waals surface area contributed by atoms with Crippen LogP contribution in [0.25, 0.3) is 0 Å². The topological polar surface area (TPSA) is 82.3 Å². The molecule has 1 heterocycles. The first-order valence-electron chi connectivity index (χ1n) is 6.11. The normalized spacial score (nSPS) is 10.7. The van der Waals surface area contributed by atoms with Crippen molar-refractivity contribution in [2.75, 3.05) is 37.9 Å². The van der Waals surface area contributed by atoms with Crippen LogP contribution < -0.4 is 15.8 Å². The molecule has 0 saturated heterocycles. The van der Waals surface area contributed by atoms with Gasteiger partial charge in [0.2, 0.25) is 5.88 Å². The third-order valence-electron chi connectivity index (χ3n) is 2.22. The van der Waals surface area contributed by atoms with Gasteiger partial charge in [-0.2, -0.15) is 4.98 Å². The fourth-order valence-electron chi connectivity index (χ4n) is 1.30. The Morgan fingerprint density at radius 3 is 2.83 bits per heavy atom. The number of nitrogen functional groups attached to an aromatic ring is 1. The van der Waals surface area contributed by atoms with Crippen LogP contribution in [0, 0.1) is 5.92 Å². The van der Waals surface area contributed by atoms with Crippen LogP contribution in [0.2, 0.25) is 0 Å². The van der Waals surface area contributed by atoms with Gasteiger partial charge in [-0.3, -0.25) is 0 Å². The van der Waals surface area contributed by atoms with Gasteiger partial charge in [0.05, 0.1) is 6.61 Å². The van der Waals surface area contributed by atoms with Gasteiger partial charge >= 0.3 is 0 Å². The predicted molar refractivity (Wildman–Crippen MR) is 71.8 cm³/mol. The van der Waals surface area contributed by atoms with Gasteiger partial charge in [0.25, 0.3) is 0 Å². The molecule has 0 spiro atoms. The molecule has 6 nitrogen and oxygen atoms in total. The summed E-state index contributed by atoms with van der Waals surface area (Å²) in [5.41, 5.74) is 6.39. The Hall–Kier alpha value is -1.56. The van der Waals surface area contributed by atoms with E-state index in [4.69, 9.17) is 15.2 Å². The van der Waals surface area contributed by atoms with Gasteiger partial charge in [0.1, 0.15) is 12.0 Å². The molecule has 18 heavy (non-hydrogen) atoms. The molecule has 0 atom stereocenters. The van der Waals surface area contributed by atoms with Gasteiger partial charge in [-0.05, 0) is 12.3 Å². The Morgan fingerprint density at radius 1 is 1.39 bits per heavy atom. The van der Waals surface area contributed by atoms with Crippen molar-refractivity contribution in [1.82, 2.24) is 9.97 Å². The van der Waals surface area contributed by atoms with Crippen molar-refractivity contribution in [2.24, 2.45) is 5.92 Å². The van der Waals surface area contributed by atoms with Crippen LogP contribution in [0.5, 0.6) is 5.88 Å². The average Bonchev–Trinajstić information content (AvgIpc) is 2.35. The molecule has 3 N–H and O–H groups in total. The average molecular weight is 254 g/mol.